The number of halogens is 1. The summed E-state index contributed by atoms with van der Waals surface area (Å²) in [6, 6.07) is 0.377. The molecule has 2 unspecified atom stereocenters. The van der Waals surface area contributed by atoms with Crippen molar-refractivity contribution in [3.63, 3.8) is 0 Å². The smallest absolute Gasteiger partial charge is 0.110 e. The molecule has 1 aliphatic rings. The van der Waals surface area contributed by atoms with E-state index in [1.54, 1.807) is 11.3 Å². The molecule has 1 heterocycles. The molecule has 1 aliphatic carbocycles. The number of hydrogen-bond acceptors (Lipinski definition) is 3. The Labute approximate surface area is 104 Å². The van der Waals surface area contributed by atoms with Gasteiger partial charge in [0.2, 0.25) is 0 Å². The van der Waals surface area contributed by atoms with Crippen molar-refractivity contribution in [2.45, 2.75) is 32.7 Å². The lowest BCUT2D eigenvalue weighted by molar-refractivity contribution is 0.431. The average Bonchev–Trinajstić information content (AvgIpc) is 2.97. The lowest BCUT2D eigenvalue weighted by atomic mass is 10.1. The quantitative estimate of drug-likeness (QED) is 0.895. The van der Waals surface area contributed by atoms with Crippen molar-refractivity contribution in [3.05, 3.63) is 15.0 Å². The molecular formula is C11H17BrN2S. The van der Waals surface area contributed by atoms with Crippen LogP contribution in [0.5, 0.6) is 0 Å². The van der Waals surface area contributed by atoms with Crippen molar-refractivity contribution in [1.29, 1.82) is 0 Å². The predicted molar refractivity (Wildman–Crippen MR) is 68.1 cm³/mol. The highest BCUT2D eigenvalue weighted by atomic mass is 79.9. The van der Waals surface area contributed by atoms with Gasteiger partial charge in [-0.1, -0.05) is 6.92 Å². The lowest BCUT2D eigenvalue weighted by Gasteiger charge is -2.15. The summed E-state index contributed by atoms with van der Waals surface area (Å²) in [5, 5.41) is 4.73. The van der Waals surface area contributed by atoms with Gasteiger partial charge in [-0.05, 0) is 54.1 Å². The second kappa shape index (κ2) is 4.93. The molecule has 1 saturated carbocycles. The first-order valence-corrected chi connectivity index (χ1v) is 7.12. The highest BCUT2D eigenvalue weighted by molar-refractivity contribution is 9.11. The van der Waals surface area contributed by atoms with Crippen LogP contribution in [0.25, 0.3) is 0 Å². The van der Waals surface area contributed by atoms with Crippen molar-refractivity contribution in [1.82, 2.24) is 10.3 Å². The van der Waals surface area contributed by atoms with Crippen molar-refractivity contribution in [3.8, 4) is 0 Å². The Hall–Kier alpha value is 0.0700. The van der Waals surface area contributed by atoms with Crippen LogP contribution < -0.4 is 5.32 Å². The van der Waals surface area contributed by atoms with Crippen LogP contribution in [-0.2, 0) is 0 Å². The van der Waals surface area contributed by atoms with Crippen LogP contribution in [-0.4, -0.2) is 11.5 Å². The number of hydrogen-bond donors (Lipinski definition) is 1. The SMILES string of the molecule is CC(NCC(C)C1CC1)c1ncc(Br)s1. The largest absolute Gasteiger partial charge is 0.308 e. The molecule has 0 spiro atoms. The topological polar surface area (TPSA) is 24.9 Å². The third kappa shape index (κ3) is 3.26. The van der Waals surface area contributed by atoms with Crippen LogP contribution in [0.4, 0.5) is 0 Å². The molecule has 0 radical (unpaired) electrons. The van der Waals surface area contributed by atoms with Gasteiger partial charge >= 0.3 is 0 Å². The van der Waals surface area contributed by atoms with Crippen molar-refractivity contribution in [2.75, 3.05) is 6.54 Å². The minimum Gasteiger partial charge on any atom is -0.308 e. The molecule has 84 valence electrons. The van der Waals surface area contributed by atoms with Gasteiger partial charge in [-0.15, -0.1) is 11.3 Å². The summed E-state index contributed by atoms with van der Waals surface area (Å²) in [6.07, 6.45) is 4.74. The Bertz CT molecular complexity index is 322. The Morgan fingerprint density at radius 3 is 2.87 bits per heavy atom. The van der Waals surface area contributed by atoms with Crippen LogP contribution in [0.2, 0.25) is 0 Å². The van der Waals surface area contributed by atoms with E-state index in [9.17, 15) is 0 Å². The summed E-state index contributed by atoms with van der Waals surface area (Å²) in [4.78, 5) is 4.36. The summed E-state index contributed by atoms with van der Waals surface area (Å²) >= 11 is 5.16. The minimum atomic E-state index is 0.377. The van der Waals surface area contributed by atoms with Gasteiger partial charge in [-0.25, -0.2) is 4.98 Å². The van der Waals surface area contributed by atoms with Crippen molar-refractivity contribution < 1.29 is 0 Å². The molecule has 0 aromatic carbocycles. The molecule has 1 aromatic rings. The van der Waals surface area contributed by atoms with Gasteiger partial charge in [-0.3, -0.25) is 0 Å². The number of thiazole rings is 1. The second-order valence-corrected chi connectivity index (χ2v) is 6.89. The van der Waals surface area contributed by atoms with E-state index in [1.807, 2.05) is 6.20 Å². The Balaban J connectivity index is 1.78. The number of nitrogens with zero attached hydrogens (tertiary/aromatic N) is 1. The van der Waals surface area contributed by atoms with Gasteiger partial charge in [0.1, 0.15) is 5.01 Å². The zero-order valence-corrected chi connectivity index (χ0v) is 11.6. The molecule has 15 heavy (non-hydrogen) atoms. The summed E-state index contributed by atoms with van der Waals surface area (Å²) in [7, 11) is 0. The van der Waals surface area contributed by atoms with E-state index >= 15 is 0 Å². The van der Waals surface area contributed by atoms with Crippen LogP contribution >= 0.6 is 27.3 Å². The van der Waals surface area contributed by atoms with E-state index in [0.29, 0.717) is 6.04 Å². The highest BCUT2D eigenvalue weighted by Gasteiger charge is 2.27. The third-order valence-corrected chi connectivity index (χ3v) is 4.70. The third-order valence-electron chi connectivity index (χ3n) is 3.04. The fourth-order valence-corrected chi connectivity index (χ4v) is 3.02. The van der Waals surface area contributed by atoms with E-state index in [2.05, 4.69) is 40.1 Å². The van der Waals surface area contributed by atoms with E-state index in [-0.39, 0.29) is 0 Å². The molecular weight excluding hydrogens is 272 g/mol. The zero-order chi connectivity index (χ0) is 10.8. The van der Waals surface area contributed by atoms with E-state index in [4.69, 9.17) is 0 Å². The first kappa shape index (κ1) is 11.6. The molecule has 4 heteroatoms. The van der Waals surface area contributed by atoms with Crippen LogP contribution in [0.15, 0.2) is 9.98 Å². The van der Waals surface area contributed by atoms with Crippen LogP contribution in [0.3, 0.4) is 0 Å². The van der Waals surface area contributed by atoms with E-state index in [0.717, 1.165) is 22.2 Å². The maximum atomic E-state index is 4.36. The Morgan fingerprint density at radius 1 is 1.60 bits per heavy atom. The monoisotopic (exact) mass is 288 g/mol. The Morgan fingerprint density at radius 2 is 2.33 bits per heavy atom. The summed E-state index contributed by atoms with van der Waals surface area (Å²) < 4.78 is 1.11. The predicted octanol–water partition coefficient (Wildman–Crippen LogP) is 3.60. The van der Waals surface area contributed by atoms with E-state index < -0.39 is 0 Å². The molecule has 1 fully saturated rings. The summed E-state index contributed by atoms with van der Waals surface area (Å²) in [5.74, 6) is 1.79. The molecule has 0 bridgehead atoms. The van der Waals surface area contributed by atoms with Gasteiger partial charge in [0.05, 0.1) is 16.0 Å². The first-order chi connectivity index (χ1) is 7.16. The average molecular weight is 289 g/mol. The number of aromatic nitrogens is 1. The molecule has 1 N–H and O–H groups in total. The van der Waals surface area contributed by atoms with Gasteiger partial charge in [0.25, 0.3) is 0 Å². The second-order valence-electron chi connectivity index (χ2n) is 4.45. The molecule has 1 aromatic heterocycles. The summed E-state index contributed by atoms with van der Waals surface area (Å²) in [5.41, 5.74) is 0. The molecule has 0 amide bonds. The molecule has 2 nitrogen and oxygen atoms in total. The fraction of sp³-hybridized carbons (Fsp3) is 0.727. The van der Waals surface area contributed by atoms with Crippen LogP contribution in [0.1, 0.15) is 37.7 Å². The first-order valence-electron chi connectivity index (χ1n) is 5.51. The highest BCUT2D eigenvalue weighted by Crippen LogP contribution is 2.36. The number of nitrogens with one attached hydrogen (secondary N) is 1. The Kier molecular flexibility index (Phi) is 3.80. The minimum absolute atomic E-state index is 0.377. The van der Waals surface area contributed by atoms with Gasteiger partial charge < -0.3 is 5.32 Å². The number of rotatable bonds is 5. The zero-order valence-electron chi connectivity index (χ0n) is 9.16. The maximum absolute atomic E-state index is 4.36. The van der Waals surface area contributed by atoms with Gasteiger partial charge in [0, 0.05) is 0 Å². The summed E-state index contributed by atoms with van der Waals surface area (Å²) in [6.45, 7) is 5.64. The van der Waals surface area contributed by atoms with Crippen molar-refractivity contribution >= 4 is 27.3 Å². The maximum Gasteiger partial charge on any atom is 0.110 e. The van der Waals surface area contributed by atoms with Crippen LogP contribution in [0, 0.1) is 11.8 Å². The van der Waals surface area contributed by atoms with Gasteiger partial charge in [-0.2, -0.15) is 0 Å². The fourth-order valence-electron chi connectivity index (χ4n) is 1.75. The molecule has 2 rings (SSSR count). The molecule has 0 aliphatic heterocycles. The van der Waals surface area contributed by atoms with Gasteiger partial charge in [0.15, 0.2) is 0 Å². The molecule has 0 saturated heterocycles. The normalized spacial score (nSPS) is 20.2. The standard InChI is InChI=1S/C11H17BrN2S/c1-7(9-3-4-9)5-13-8(2)11-14-6-10(12)15-11/h6-9,13H,3-5H2,1-2H3. The van der Waals surface area contributed by atoms with E-state index in [1.165, 1.54) is 17.8 Å². The molecule has 2 atom stereocenters. The lowest BCUT2D eigenvalue weighted by Crippen LogP contribution is -2.25. The van der Waals surface area contributed by atoms with Crippen molar-refractivity contribution in [2.24, 2.45) is 11.8 Å².